The number of amides is 1. The topological polar surface area (TPSA) is 42.0 Å². The molecule has 1 aromatic heterocycles. The van der Waals surface area contributed by atoms with Crippen LogP contribution in [0.5, 0.6) is 0 Å². The molecule has 0 saturated heterocycles. The molecule has 0 radical (unpaired) electrons. The van der Waals surface area contributed by atoms with E-state index in [4.69, 9.17) is 0 Å². The molecule has 2 aromatic rings. The van der Waals surface area contributed by atoms with Crippen LogP contribution < -0.4 is 5.32 Å². The van der Waals surface area contributed by atoms with Gasteiger partial charge < -0.3 is 5.32 Å². The van der Waals surface area contributed by atoms with Crippen LogP contribution in [0.25, 0.3) is 17.0 Å². The fourth-order valence-corrected chi connectivity index (χ4v) is 2.88. The van der Waals surface area contributed by atoms with Crippen molar-refractivity contribution in [2.24, 2.45) is 0 Å². The third-order valence-electron chi connectivity index (χ3n) is 4.05. The largest absolute Gasteiger partial charge is 0.350 e. The van der Waals surface area contributed by atoms with E-state index < -0.39 is 0 Å². The molecule has 1 aliphatic rings. The van der Waals surface area contributed by atoms with Crippen LogP contribution in [0.15, 0.2) is 36.4 Å². The molecule has 1 N–H and O–H groups in total. The van der Waals surface area contributed by atoms with E-state index in [2.05, 4.69) is 29.4 Å². The van der Waals surface area contributed by atoms with E-state index in [1.807, 2.05) is 18.2 Å². The zero-order valence-electron chi connectivity index (χ0n) is 12.3. The number of carbonyl (C=O) groups is 1. The number of hydrogen-bond donors (Lipinski definition) is 1. The zero-order chi connectivity index (χ0) is 14.7. The lowest BCUT2D eigenvalue weighted by Gasteiger charge is -2.09. The summed E-state index contributed by atoms with van der Waals surface area (Å²) in [6, 6.07) is 10.5. The molecular formula is C18H20N2O. The molecule has 1 aromatic carbocycles. The smallest absolute Gasteiger partial charge is 0.244 e. The minimum atomic E-state index is -0.0198. The summed E-state index contributed by atoms with van der Waals surface area (Å²) in [5.74, 6) is -0.0198. The van der Waals surface area contributed by atoms with E-state index in [1.54, 1.807) is 12.2 Å². The van der Waals surface area contributed by atoms with Crippen molar-refractivity contribution < 1.29 is 4.79 Å². The molecule has 0 aliphatic heterocycles. The number of nitrogens with zero attached hydrogens (tertiary/aromatic N) is 1. The van der Waals surface area contributed by atoms with Crippen molar-refractivity contribution in [2.75, 3.05) is 0 Å². The average Bonchev–Trinajstić information content (AvgIpc) is 2.98. The quantitative estimate of drug-likeness (QED) is 0.873. The van der Waals surface area contributed by atoms with Gasteiger partial charge in [-0.25, -0.2) is 4.98 Å². The van der Waals surface area contributed by atoms with Gasteiger partial charge in [0.15, 0.2) is 0 Å². The first kappa shape index (κ1) is 13.8. The summed E-state index contributed by atoms with van der Waals surface area (Å²) in [6.07, 6.45) is 8.03. The summed E-state index contributed by atoms with van der Waals surface area (Å²) in [6.45, 7) is 2.05. The van der Waals surface area contributed by atoms with Crippen molar-refractivity contribution in [3.05, 3.63) is 47.7 Å². The number of aryl methyl sites for hydroxylation is 1. The molecule has 108 valence electrons. The lowest BCUT2D eigenvalue weighted by molar-refractivity contribution is -0.117. The number of hydrogen-bond acceptors (Lipinski definition) is 2. The zero-order valence-corrected chi connectivity index (χ0v) is 12.3. The highest BCUT2D eigenvalue weighted by atomic mass is 16.1. The van der Waals surface area contributed by atoms with Crippen molar-refractivity contribution in [3.63, 3.8) is 0 Å². The van der Waals surface area contributed by atoms with Crippen molar-refractivity contribution in [1.29, 1.82) is 0 Å². The molecule has 1 aliphatic carbocycles. The maximum absolute atomic E-state index is 11.9. The summed E-state index contributed by atoms with van der Waals surface area (Å²) < 4.78 is 0. The maximum Gasteiger partial charge on any atom is 0.244 e. The molecule has 3 rings (SSSR count). The minimum Gasteiger partial charge on any atom is -0.350 e. The van der Waals surface area contributed by atoms with Crippen LogP contribution in [0.2, 0.25) is 0 Å². The van der Waals surface area contributed by atoms with Gasteiger partial charge in [-0.15, -0.1) is 0 Å². The molecule has 0 bridgehead atoms. The van der Waals surface area contributed by atoms with Gasteiger partial charge in [-0.05, 0) is 37.5 Å². The van der Waals surface area contributed by atoms with Crippen LogP contribution >= 0.6 is 0 Å². The second-order valence-electron chi connectivity index (χ2n) is 5.71. The summed E-state index contributed by atoms with van der Waals surface area (Å²) >= 11 is 0. The molecule has 0 unspecified atom stereocenters. The predicted octanol–water partition coefficient (Wildman–Crippen LogP) is 3.62. The van der Waals surface area contributed by atoms with E-state index in [0.717, 1.165) is 35.0 Å². The van der Waals surface area contributed by atoms with Gasteiger partial charge in [0.2, 0.25) is 5.91 Å². The van der Waals surface area contributed by atoms with Gasteiger partial charge in [0.1, 0.15) is 0 Å². The summed E-state index contributed by atoms with van der Waals surface area (Å²) in [7, 11) is 0. The standard InChI is InChI=1S/C18H20N2O/c1-13-5-4-6-14-9-10-16(20-18(13)14)11-12-17(21)19-15-7-2-3-8-15/h4-6,9-12,15H,2-3,7-8H2,1H3,(H,19,21)/b12-11+. The first-order valence-electron chi connectivity index (χ1n) is 7.57. The Morgan fingerprint density at radius 2 is 2.05 bits per heavy atom. The average molecular weight is 280 g/mol. The number of aromatic nitrogens is 1. The van der Waals surface area contributed by atoms with Gasteiger partial charge in [0.05, 0.1) is 11.2 Å². The molecule has 1 amide bonds. The van der Waals surface area contributed by atoms with Gasteiger partial charge in [0.25, 0.3) is 0 Å². The third kappa shape index (κ3) is 3.30. The summed E-state index contributed by atoms with van der Waals surface area (Å²) in [5.41, 5.74) is 2.97. The molecule has 3 nitrogen and oxygen atoms in total. The van der Waals surface area contributed by atoms with Gasteiger partial charge in [-0.2, -0.15) is 0 Å². The minimum absolute atomic E-state index is 0.0198. The Morgan fingerprint density at radius 1 is 1.24 bits per heavy atom. The van der Waals surface area contributed by atoms with Crippen molar-refractivity contribution in [3.8, 4) is 0 Å². The number of carbonyl (C=O) groups excluding carboxylic acids is 1. The fraction of sp³-hybridized carbons (Fsp3) is 0.333. The predicted molar refractivity (Wildman–Crippen MR) is 85.9 cm³/mol. The highest BCUT2D eigenvalue weighted by Gasteiger charge is 2.15. The molecule has 1 saturated carbocycles. The second kappa shape index (κ2) is 6.08. The molecule has 0 spiro atoms. The highest BCUT2D eigenvalue weighted by molar-refractivity contribution is 5.92. The molecular weight excluding hydrogens is 260 g/mol. The Balaban J connectivity index is 1.73. The lowest BCUT2D eigenvalue weighted by Crippen LogP contribution is -2.30. The number of benzene rings is 1. The van der Waals surface area contributed by atoms with Gasteiger partial charge >= 0.3 is 0 Å². The maximum atomic E-state index is 11.9. The number of nitrogens with one attached hydrogen (secondary N) is 1. The molecule has 0 atom stereocenters. The van der Waals surface area contributed by atoms with Crippen molar-refractivity contribution in [1.82, 2.24) is 10.3 Å². The van der Waals surface area contributed by atoms with E-state index in [9.17, 15) is 4.79 Å². The highest BCUT2D eigenvalue weighted by Crippen LogP contribution is 2.18. The van der Waals surface area contributed by atoms with Crippen LogP contribution in [0.3, 0.4) is 0 Å². The first-order chi connectivity index (χ1) is 10.2. The number of fused-ring (bicyclic) bond motifs is 1. The Kier molecular flexibility index (Phi) is 4.00. The van der Waals surface area contributed by atoms with Crippen LogP contribution in [0, 0.1) is 6.92 Å². The second-order valence-corrected chi connectivity index (χ2v) is 5.71. The van der Waals surface area contributed by atoms with E-state index in [1.165, 1.54) is 12.8 Å². The van der Waals surface area contributed by atoms with Crippen LogP contribution in [0.1, 0.15) is 36.9 Å². The van der Waals surface area contributed by atoms with E-state index >= 15 is 0 Å². The van der Waals surface area contributed by atoms with E-state index in [-0.39, 0.29) is 5.91 Å². The van der Waals surface area contributed by atoms with Crippen LogP contribution in [-0.2, 0) is 4.79 Å². The fourth-order valence-electron chi connectivity index (χ4n) is 2.88. The molecule has 3 heteroatoms. The molecule has 21 heavy (non-hydrogen) atoms. The van der Waals surface area contributed by atoms with Crippen LogP contribution in [-0.4, -0.2) is 16.9 Å². The molecule has 1 fully saturated rings. The number of pyridine rings is 1. The van der Waals surface area contributed by atoms with Crippen LogP contribution in [0.4, 0.5) is 0 Å². The SMILES string of the molecule is Cc1cccc2ccc(/C=C/C(=O)NC3CCCC3)nc12. The van der Waals surface area contributed by atoms with Gasteiger partial charge in [0, 0.05) is 17.5 Å². The van der Waals surface area contributed by atoms with Gasteiger partial charge in [-0.1, -0.05) is 37.1 Å². The number of rotatable bonds is 3. The monoisotopic (exact) mass is 280 g/mol. The van der Waals surface area contributed by atoms with Crippen molar-refractivity contribution >= 4 is 22.9 Å². The normalized spacial score (nSPS) is 15.9. The summed E-state index contributed by atoms with van der Waals surface area (Å²) in [4.78, 5) is 16.5. The first-order valence-corrected chi connectivity index (χ1v) is 7.57. The van der Waals surface area contributed by atoms with Gasteiger partial charge in [-0.3, -0.25) is 4.79 Å². The van der Waals surface area contributed by atoms with E-state index in [0.29, 0.717) is 6.04 Å². The molecule has 1 heterocycles. The Bertz CT molecular complexity index is 685. The Morgan fingerprint density at radius 3 is 2.86 bits per heavy atom. The Labute approximate surface area is 125 Å². The summed E-state index contributed by atoms with van der Waals surface area (Å²) in [5, 5.41) is 4.17. The third-order valence-corrected chi connectivity index (χ3v) is 4.05. The lowest BCUT2D eigenvalue weighted by atomic mass is 10.1. The van der Waals surface area contributed by atoms with Crippen molar-refractivity contribution in [2.45, 2.75) is 38.6 Å². The number of para-hydroxylation sites is 1. The Hall–Kier alpha value is -2.16.